The Balaban J connectivity index is 0.00000176. The number of nitrogens with one attached hydrogen (secondary N) is 1. The number of hydrogen-bond acceptors (Lipinski definition) is 3. The molecule has 5 heteroatoms. The molecule has 4 nitrogen and oxygen atoms in total. The van der Waals surface area contributed by atoms with Crippen LogP contribution >= 0.6 is 12.4 Å². The second-order valence-electron chi connectivity index (χ2n) is 6.93. The first-order chi connectivity index (χ1) is 10.1. The van der Waals surface area contributed by atoms with Crippen LogP contribution in [0, 0.1) is 5.41 Å². The summed E-state index contributed by atoms with van der Waals surface area (Å²) in [5.41, 5.74) is 7.54. The quantitative estimate of drug-likeness (QED) is 0.843. The van der Waals surface area contributed by atoms with Crippen LogP contribution in [0.3, 0.4) is 0 Å². The van der Waals surface area contributed by atoms with Gasteiger partial charge in [0, 0.05) is 31.2 Å². The molecule has 1 aliphatic carbocycles. The Hall–Kier alpha value is -1.10. The molecule has 2 fully saturated rings. The van der Waals surface area contributed by atoms with Gasteiger partial charge in [0.15, 0.2) is 0 Å². The first-order valence-corrected chi connectivity index (χ1v) is 7.89. The average Bonchev–Trinajstić information content (AvgIpc) is 3.22. The number of benzene rings is 1. The van der Waals surface area contributed by atoms with Gasteiger partial charge in [0.1, 0.15) is 0 Å². The molecule has 3 rings (SSSR count). The Kier molecular flexibility index (Phi) is 5.48. The van der Waals surface area contributed by atoms with Crippen LogP contribution in [0.15, 0.2) is 24.3 Å². The van der Waals surface area contributed by atoms with Crippen LogP contribution in [0.2, 0.25) is 0 Å². The van der Waals surface area contributed by atoms with E-state index in [0.717, 1.165) is 32.2 Å². The fourth-order valence-corrected chi connectivity index (χ4v) is 3.26. The van der Waals surface area contributed by atoms with E-state index >= 15 is 0 Å². The molecule has 1 saturated carbocycles. The van der Waals surface area contributed by atoms with Crippen LogP contribution in [0.25, 0.3) is 0 Å². The number of carbonyl (C=O) groups excluding carboxylic acids is 1. The lowest BCUT2D eigenvalue weighted by Crippen LogP contribution is -2.38. The van der Waals surface area contributed by atoms with E-state index in [9.17, 15) is 4.79 Å². The van der Waals surface area contributed by atoms with Gasteiger partial charge >= 0.3 is 0 Å². The Morgan fingerprint density at radius 1 is 1.36 bits per heavy atom. The number of halogens is 1. The molecule has 1 atom stereocenters. The molecule has 2 aliphatic rings. The zero-order valence-electron chi connectivity index (χ0n) is 13.2. The topological polar surface area (TPSA) is 58.4 Å². The van der Waals surface area contributed by atoms with Gasteiger partial charge in [-0.15, -0.1) is 12.4 Å². The number of rotatable bonds is 6. The number of nitrogens with two attached hydrogens (primary N) is 1. The molecule has 1 aromatic carbocycles. The Morgan fingerprint density at radius 3 is 2.55 bits per heavy atom. The molecule has 0 spiro atoms. The molecule has 1 amide bonds. The summed E-state index contributed by atoms with van der Waals surface area (Å²) in [7, 11) is 0. The molecule has 3 N–H and O–H groups in total. The summed E-state index contributed by atoms with van der Waals surface area (Å²) in [5, 5.41) is 3.48. The fourth-order valence-electron chi connectivity index (χ4n) is 3.26. The second-order valence-corrected chi connectivity index (χ2v) is 6.93. The molecule has 0 radical (unpaired) electrons. The maximum atomic E-state index is 11.1. The average molecular weight is 324 g/mol. The van der Waals surface area contributed by atoms with Gasteiger partial charge in [-0.25, -0.2) is 0 Å². The van der Waals surface area contributed by atoms with Crippen LogP contribution in [0.1, 0.15) is 42.1 Å². The molecular formula is C17H26ClN3O. The summed E-state index contributed by atoms with van der Waals surface area (Å²) in [4.78, 5) is 13.7. The largest absolute Gasteiger partial charge is 0.366 e. The minimum Gasteiger partial charge on any atom is -0.366 e. The van der Waals surface area contributed by atoms with Gasteiger partial charge in [-0.2, -0.15) is 0 Å². The molecule has 0 aromatic heterocycles. The number of nitrogens with zero attached hydrogens (tertiary/aromatic N) is 1. The van der Waals surface area contributed by atoms with Gasteiger partial charge in [-0.3, -0.25) is 9.69 Å². The lowest BCUT2D eigenvalue weighted by Gasteiger charge is -2.32. The van der Waals surface area contributed by atoms with Crippen molar-refractivity contribution < 1.29 is 4.79 Å². The van der Waals surface area contributed by atoms with E-state index in [1.54, 1.807) is 0 Å². The van der Waals surface area contributed by atoms with Crippen LogP contribution in [0.4, 0.5) is 0 Å². The Bertz CT molecular complexity index is 507. The van der Waals surface area contributed by atoms with Gasteiger partial charge in [0.2, 0.25) is 5.91 Å². The van der Waals surface area contributed by atoms with Crippen molar-refractivity contribution in [1.29, 1.82) is 0 Å². The lowest BCUT2D eigenvalue weighted by atomic mass is 9.89. The summed E-state index contributed by atoms with van der Waals surface area (Å²) < 4.78 is 0. The first-order valence-electron chi connectivity index (χ1n) is 7.89. The van der Waals surface area contributed by atoms with Crippen molar-refractivity contribution in [2.75, 3.05) is 19.6 Å². The van der Waals surface area contributed by atoms with Crippen molar-refractivity contribution in [3.05, 3.63) is 35.4 Å². The number of hydrogen-bond donors (Lipinski definition) is 2. The Labute approximate surface area is 138 Å². The van der Waals surface area contributed by atoms with Crippen molar-refractivity contribution in [1.82, 2.24) is 10.2 Å². The number of primary amides is 1. The van der Waals surface area contributed by atoms with Crippen molar-refractivity contribution in [2.45, 2.75) is 38.8 Å². The normalized spacial score (nSPS) is 24.3. The smallest absolute Gasteiger partial charge is 0.248 e. The standard InChI is InChI=1S/C17H25N3O.ClH/c1-17(8-9-19-11-17)12-20(15-6-7-15)10-13-2-4-14(5-3-13)16(18)21;/h2-5,15,19H,6-12H2,1H3,(H2,18,21);1H. The predicted octanol–water partition coefficient (Wildman–Crippen LogP) is 2.17. The molecule has 1 unspecified atom stereocenters. The van der Waals surface area contributed by atoms with Gasteiger partial charge in [-0.05, 0) is 48.9 Å². The van der Waals surface area contributed by atoms with E-state index in [4.69, 9.17) is 5.73 Å². The summed E-state index contributed by atoms with van der Waals surface area (Å²) in [6.07, 6.45) is 3.91. The highest BCUT2D eigenvalue weighted by molar-refractivity contribution is 5.92. The van der Waals surface area contributed by atoms with E-state index in [1.165, 1.54) is 24.8 Å². The van der Waals surface area contributed by atoms with Crippen LogP contribution in [0.5, 0.6) is 0 Å². The summed E-state index contributed by atoms with van der Waals surface area (Å²) in [6, 6.07) is 8.48. The summed E-state index contributed by atoms with van der Waals surface area (Å²) in [5.74, 6) is -0.356. The van der Waals surface area contributed by atoms with Gasteiger partial charge < -0.3 is 11.1 Å². The molecule has 1 aromatic rings. The Morgan fingerprint density at radius 2 is 2.05 bits per heavy atom. The molecule has 22 heavy (non-hydrogen) atoms. The predicted molar refractivity (Wildman–Crippen MR) is 91.2 cm³/mol. The summed E-state index contributed by atoms with van der Waals surface area (Å²) in [6.45, 7) is 6.78. The lowest BCUT2D eigenvalue weighted by molar-refractivity contribution is 0.100. The minimum absolute atomic E-state index is 0. The van der Waals surface area contributed by atoms with Gasteiger partial charge in [-0.1, -0.05) is 19.1 Å². The van der Waals surface area contributed by atoms with Gasteiger partial charge in [0.05, 0.1) is 0 Å². The first kappa shape index (κ1) is 17.3. The summed E-state index contributed by atoms with van der Waals surface area (Å²) >= 11 is 0. The molecule has 122 valence electrons. The number of amides is 1. The third kappa shape index (κ3) is 4.22. The second kappa shape index (κ2) is 6.99. The van der Waals surface area contributed by atoms with Crippen molar-refractivity contribution in [3.63, 3.8) is 0 Å². The minimum atomic E-state index is -0.356. The highest BCUT2D eigenvalue weighted by Crippen LogP contribution is 2.34. The van der Waals surface area contributed by atoms with E-state index < -0.39 is 0 Å². The fraction of sp³-hybridized carbons (Fsp3) is 0.588. The van der Waals surface area contributed by atoms with E-state index in [1.807, 2.05) is 24.3 Å². The third-order valence-corrected chi connectivity index (χ3v) is 4.73. The SMILES string of the molecule is CC1(CN(Cc2ccc(C(N)=O)cc2)C2CC2)CCNC1.Cl. The third-order valence-electron chi connectivity index (χ3n) is 4.73. The maximum absolute atomic E-state index is 11.1. The van der Waals surface area contributed by atoms with E-state index in [0.29, 0.717) is 11.0 Å². The van der Waals surface area contributed by atoms with Crippen molar-refractivity contribution in [2.24, 2.45) is 11.1 Å². The van der Waals surface area contributed by atoms with E-state index in [-0.39, 0.29) is 18.3 Å². The molecule has 1 saturated heterocycles. The van der Waals surface area contributed by atoms with Crippen LogP contribution < -0.4 is 11.1 Å². The van der Waals surface area contributed by atoms with Crippen molar-refractivity contribution >= 4 is 18.3 Å². The highest BCUT2D eigenvalue weighted by Gasteiger charge is 2.36. The van der Waals surface area contributed by atoms with E-state index in [2.05, 4.69) is 17.1 Å². The number of carbonyl (C=O) groups is 1. The molecule has 0 bridgehead atoms. The maximum Gasteiger partial charge on any atom is 0.248 e. The van der Waals surface area contributed by atoms with Crippen LogP contribution in [-0.4, -0.2) is 36.5 Å². The van der Waals surface area contributed by atoms with Gasteiger partial charge in [0.25, 0.3) is 0 Å². The molecule has 1 aliphatic heterocycles. The monoisotopic (exact) mass is 323 g/mol. The zero-order chi connectivity index (χ0) is 14.9. The molecular weight excluding hydrogens is 298 g/mol. The van der Waals surface area contributed by atoms with Crippen molar-refractivity contribution in [3.8, 4) is 0 Å². The highest BCUT2D eigenvalue weighted by atomic mass is 35.5. The zero-order valence-corrected chi connectivity index (χ0v) is 14.0. The molecule has 1 heterocycles. The van der Waals surface area contributed by atoms with Crippen LogP contribution in [-0.2, 0) is 6.54 Å².